The minimum absolute atomic E-state index is 0.198. The summed E-state index contributed by atoms with van der Waals surface area (Å²) in [5.74, 6) is 5.96. The third kappa shape index (κ3) is 3.85. The van der Waals surface area contributed by atoms with Gasteiger partial charge in [-0.1, -0.05) is 30.3 Å². The number of anilines is 1. The van der Waals surface area contributed by atoms with E-state index in [1.807, 2.05) is 12.1 Å². The Labute approximate surface area is 152 Å². The van der Waals surface area contributed by atoms with E-state index in [0.29, 0.717) is 0 Å². The molecule has 0 radical (unpaired) electrons. The molecular weight excluding hydrogens is 328 g/mol. The van der Waals surface area contributed by atoms with E-state index in [0.717, 1.165) is 5.69 Å². The number of hydrogen-bond donors (Lipinski definition) is 3. The maximum absolute atomic E-state index is 5.96. The number of nitrogens with one attached hydrogen (secondary N) is 1. The third-order valence-corrected chi connectivity index (χ3v) is 5.37. The summed E-state index contributed by atoms with van der Waals surface area (Å²) in [5, 5.41) is 8.79. The van der Waals surface area contributed by atoms with E-state index in [9.17, 15) is 0 Å². The molecule has 2 aromatic carbocycles. The fourth-order valence-corrected chi connectivity index (χ4v) is 4.08. The van der Waals surface area contributed by atoms with Gasteiger partial charge in [0.1, 0.15) is 0 Å². The van der Waals surface area contributed by atoms with Crippen molar-refractivity contribution in [1.82, 2.24) is 5.32 Å². The van der Waals surface area contributed by atoms with E-state index in [1.54, 1.807) is 17.5 Å². The minimum Gasteiger partial charge on any atom is -0.403 e. The summed E-state index contributed by atoms with van der Waals surface area (Å²) in [6.07, 6.45) is 3.06. The highest BCUT2D eigenvalue weighted by molar-refractivity contribution is 7.17. The van der Waals surface area contributed by atoms with Gasteiger partial charge in [0.2, 0.25) is 0 Å². The van der Waals surface area contributed by atoms with Crippen molar-refractivity contribution < 1.29 is 0 Å². The highest BCUT2D eigenvalue weighted by Gasteiger charge is 2.15. The summed E-state index contributed by atoms with van der Waals surface area (Å²) in [7, 11) is 0. The average molecular weight is 353 g/mol. The van der Waals surface area contributed by atoms with Crippen molar-refractivity contribution in [3.63, 3.8) is 0 Å². The average Bonchev–Trinajstić information content (AvgIpc) is 3.06. The Kier molecular flexibility index (Phi) is 5.38. The second-order valence-corrected chi connectivity index (χ2v) is 7.05. The van der Waals surface area contributed by atoms with Gasteiger partial charge < -0.3 is 11.1 Å². The van der Waals surface area contributed by atoms with E-state index in [-0.39, 0.29) is 12.1 Å². The molecule has 25 heavy (non-hydrogen) atoms. The van der Waals surface area contributed by atoms with Crippen LogP contribution in [0.5, 0.6) is 0 Å². The third-order valence-electron chi connectivity index (χ3n) is 4.39. The van der Waals surface area contributed by atoms with Crippen molar-refractivity contribution in [2.24, 2.45) is 11.6 Å². The smallest absolute Gasteiger partial charge is 0.0572 e. The van der Waals surface area contributed by atoms with Gasteiger partial charge in [-0.2, -0.15) is 0 Å². The zero-order chi connectivity index (χ0) is 17.8. The molecule has 0 saturated heterocycles. The van der Waals surface area contributed by atoms with Crippen molar-refractivity contribution >= 4 is 27.1 Å². The van der Waals surface area contributed by atoms with E-state index in [1.165, 1.54) is 32.4 Å². The molecule has 0 aliphatic rings. The highest BCUT2D eigenvalue weighted by atomic mass is 32.1. The first kappa shape index (κ1) is 17.5. The molecule has 0 spiro atoms. The predicted molar refractivity (Wildman–Crippen MR) is 108 cm³/mol. The highest BCUT2D eigenvalue weighted by Crippen LogP contribution is 2.31. The summed E-state index contributed by atoms with van der Waals surface area (Å²) in [5.41, 5.74) is 8.85. The molecule has 2 atom stereocenters. The van der Waals surface area contributed by atoms with Crippen LogP contribution in [0, 0.1) is 0 Å². The molecule has 2 unspecified atom stereocenters. The molecule has 0 bridgehead atoms. The van der Waals surface area contributed by atoms with Crippen molar-refractivity contribution in [2.75, 3.05) is 5.01 Å². The molecule has 0 saturated carbocycles. The lowest BCUT2D eigenvalue weighted by Crippen LogP contribution is -2.25. The molecule has 4 nitrogen and oxygen atoms in total. The number of thiophene rings is 1. The SMILES string of the molecule is CC(NC(C)c1csc2ccccc12)c1cccc(N(N)/C=C\N)c1. The van der Waals surface area contributed by atoms with Gasteiger partial charge in [0, 0.05) is 29.2 Å². The van der Waals surface area contributed by atoms with Gasteiger partial charge in [0.15, 0.2) is 0 Å². The van der Waals surface area contributed by atoms with Gasteiger partial charge in [-0.3, -0.25) is 5.01 Å². The Morgan fingerprint density at radius 2 is 1.88 bits per heavy atom. The van der Waals surface area contributed by atoms with Crippen LogP contribution in [0.4, 0.5) is 5.69 Å². The van der Waals surface area contributed by atoms with Crippen LogP contribution in [0.1, 0.15) is 37.1 Å². The Balaban J connectivity index is 1.77. The first-order chi connectivity index (χ1) is 12.1. The van der Waals surface area contributed by atoms with Gasteiger partial charge in [-0.25, -0.2) is 5.84 Å². The van der Waals surface area contributed by atoms with Crippen molar-refractivity contribution in [2.45, 2.75) is 25.9 Å². The zero-order valence-electron chi connectivity index (χ0n) is 14.5. The molecule has 3 aromatic rings. The minimum atomic E-state index is 0.198. The first-order valence-corrected chi connectivity index (χ1v) is 9.22. The van der Waals surface area contributed by atoms with Crippen molar-refractivity contribution in [3.05, 3.63) is 77.4 Å². The van der Waals surface area contributed by atoms with Crippen LogP contribution in [0.2, 0.25) is 0 Å². The summed E-state index contributed by atoms with van der Waals surface area (Å²) >= 11 is 1.79. The number of fused-ring (bicyclic) bond motifs is 1. The van der Waals surface area contributed by atoms with E-state index < -0.39 is 0 Å². The first-order valence-electron chi connectivity index (χ1n) is 8.34. The Bertz CT molecular complexity index is 871. The Morgan fingerprint density at radius 1 is 1.08 bits per heavy atom. The van der Waals surface area contributed by atoms with E-state index >= 15 is 0 Å². The number of hydrogen-bond acceptors (Lipinski definition) is 5. The standard InChI is InChI=1S/C20H24N4S/c1-14(16-6-5-7-17(12-16)24(22)11-10-21)23-15(2)19-13-25-20-9-4-3-8-18(19)20/h3-15,23H,21-22H2,1-2H3/b11-10-. The van der Waals surface area contributed by atoms with Crippen LogP contribution >= 0.6 is 11.3 Å². The van der Waals surface area contributed by atoms with Crippen LogP contribution in [-0.4, -0.2) is 0 Å². The molecule has 5 N–H and O–H groups in total. The quantitative estimate of drug-likeness (QED) is 0.454. The van der Waals surface area contributed by atoms with Crippen LogP contribution < -0.4 is 21.9 Å². The fraction of sp³-hybridized carbons (Fsp3) is 0.200. The molecule has 0 amide bonds. The summed E-state index contributed by atoms with van der Waals surface area (Å²) in [6, 6.07) is 17.2. The molecule has 5 heteroatoms. The van der Waals surface area contributed by atoms with Gasteiger partial charge in [0.25, 0.3) is 0 Å². The Morgan fingerprint density at radius 3 is 2.68 bits per heavy atom. The molecule has 0 aliphatic carbocycles. The van der Waals surface area contributed by atoms with Gasteiger partial charge >= 0.3 is 0 Å². The second-order valence-electron chi connectivity index (χ2n) is 6.14. The summed E-state index contributed by atoms with van der Waals surface area (Å²) < 4.78 is 1.33. The molecule has 130 valence electrons. The second kappa shape index (κ2) is 7.70. The maximum atomic E-state index is 5.96. The number of rotatable bonds is 6. The zero-order valence-corrected chi connectivity index (χ0v) is 15.3. The number of benzene rings is 2. The van der Waals surface area contributed by atoms with Crippen LogP contribution in [0.15, 0.2) is 66.3 Å². The lowest BCUT2D eigenvalue weighted by molar-refractivity contribution is 0.497. The van der Waals surface area contributed by atoms with Crippen LogP contribution in [0.3, 0.4) is 0 Å². The van der Waals surface area contributed by atoms with Gasteiger partial charge in [0.05, 0.1) is 5.69 Å². The fourth-order valence-electron chi connectivity index (χ4n) is 3.03. The van der Waals surface area contributed by atoms with Crippen LogP contribution in [-0.2, 0) is 0 Å². The topological polar surface area (TPSA) is 67.3 Å². The molecule has 1 heterocycles. The maximum Gasteiger partial charge on any atom is 0.0572 e. The van der Waals surface area contributed by atoms with E-state index in [2.05, 4.69) is 60.9 Å². The summed E-state index contributed by atoms with van der Waals surface area (Å²) in [6.45, 7) is 4.38. The lowest BCUT2D eigenvalue weighted by Gasteiger charge is -2.22. The van der Waals surface area contributed by atoms with Crippen molar-refractivity contribution in [1.29, 1.82) is 0 Å². The lowest BCUT2D eigenvalue weighted by atomic mass is 10.0. The van der Waals surface area contributed by atoms with Gasteiger partial charge in [-0.05, 0) is 53.9 Å². The number of nitrogens with two attached hydrogens (primary N) is 2. The summed E-state index contributed by atoms with van der Waals surface area (Å²) in [4.78, 5) is 0. The molecule has 0 fully saturated rings. The molecule has 0 aliphatic heterocycles. The Hall–Kier alpha value is -2.34. The molecule has 3 rings (SSSR count). The van der Waals surface area contributed by atoms with Gasteiger partial charge in [-0.15, -0.1) is 11.3 Å². The molecule has 1 aromatic heterocycles. The monoisotopic (exact) mass is 352 g/mol. The largest absolute Gasteiger partial charge is 0.403 e. The van der Waals surface area contributed by atoms with Crippen LogP contribution in [0.25, 0.3) is 10.1 Å². The number of nitrogens with zero attached hydrogens (tertiary/aromatic N) is 1. The predicted octanol–water partition coefficient (Wildman–Crippen LogP) is 4.42. The number of hydrazine groups is 1. The normalized spacial score (nSPS) is 14.0. The van der Waals surface area contributed by atoms with E-state index in [4.69, 9.17) is 11.6 Å². The molecular formula is C20H24N4S. The van der Waals surface area contributed by atoms with Crippen molar-refractivity contribution in [3.8, 4) is 0 Å².